The first kappa shape index (κ1) is 24.6. The van der Waals surface area contributed by atoms with Gasteiger partial charge in [0, 0.05) is 0 Å². The zero-order valence-corrected chi connectivity index (χ0v) is 21.3. The van der Waals surface area contributed by atoms with Crippen LogP contribution in [0.4, 0.5) is 0 Å². The fraction of sp³-hybridized carbons (Fsp3) is 0.217. The molecule has 6 nitrogen and oxygen atoms in total. The molecular weight excluding hydrogens is 461 g/mol. The SMILES string of the molecule is CCON(POc1ccc(C)cc1)P(N=POc1ccc(C)cc1)Oc1ccc(C)cc1. The molecule has 0 spiro atoms. The number of hydrogen-bond acceptors (Lipinski definition) is 6. The van der Waals surface area contributed by atoms with Crippen molar-refractivity contribution in [1.82, 2.24) is 4.60 Å². The Morgan fingerprint density at radius 1 is 0.781 bits per heavy atom. The van der Waals surface area contributed by atoms with Crippen LogP contribution in [-0.4, -0.2) is 11.2 Å². The Morgan fingerprint density at radius 3 is 1.81 bits per heavy atom. The first-order valence-electron chi connectivity index (χ1n) is 10.1. The van der Waals surface area contributed by atoms with E-state index >= 15 is 0 Å². The van der Waals surface area contributed by atoms with Crippen LogP contribution >= 0.6 is 26.0 Å². The third-order valence-corrected chi connectivity index (χ3v) is 7.53. The van der Waals surface area contributed by atoms with Gasteiger partial charge in [-0.3, -0.25) is 4.84 Å². The summed E-state index contributed by atoms with van der Waals surface area (Å²) in [7, 11) is -1.25. The molecule has 0 aliphatic carbocycles. The van der Waals surface area contributed by atoms with E-state index in [2.05, 4.69) is 4.52 Å². The average molecular weight is 488 g/mol. The maximum Gasteiger partial charge on any atom is 0.337 e. The summed E-state index contributed by atoms with van der Waals surface area (Å²) in [5.74, 6) is 2.21. The van der Waals surface area contributed by atoms with Gasteiger partial charge in [0.1, 0.15) is 17.2 Å². The molecule has 0 aliphatic heterocycles. The molecule has 3 aromatic rings. The van der Waals surface area contributed by atoms with E-state index in [1.54, 1.807) is 4.60 Å². The van der Waals surface area contributed by atoms with Crippen molar-refractivity contribution in [2.45, 2.75) is 27.7 Å². The molecule has 0 heterocycles. The van der Waals surface area contributed by atoms with Gasteiger partial charge < -0.3 is 13.6 Å². The van der Waals surface area contributed by atoms with Crippen LogP contribution in [0.3, 0.4) is 0 Å². The van der Waals surface area contributed by atoms with Gasteiger partial charge in [0.2, 0.25) is 0 Å². The van der Waals surface area contributed by atoms with Crippen molar-refractivity contribution in [2.75, 3.05) is 6.61 Å². The third-order valence-electron chi connectivity index (χ3n) is 4.16. The Hall–Kier alpha value is -2.06. The number of aryl methyl sites for hydroxylation is 3. The molecule has 0 amide bonds. The second-order valence-electron chi connectivity index (χ2n) is 6.93. The van der Waals surface area contributed by atoms with Crippen molar-refractivity contribution in [1.29, 1.82) is 0 Å². The van der Waals surface area contributed by atoms with E-state index in [9.17, 15) is 0 Å². The fourth-order valence-electron chi connectivity index (χ4n) is 2.41. The molecule has 168 valence electrons. The normalized spacial score (nSPS) is 12.5. The number of nitrogens with zero attached hydrogens (tertiary/aromatic N) is 2. The molecule has 3 rings (SSSR count). The highest BCUT2D eigenvalue weighted by Crippen LogP contribution is 2.52. The zero-order valence-electron chi connectivity index (χ0n) is 18.6. The molecule has 0 N–H and O–H groups in total. The van der Waals surface area contributed by atoms with E-state index in [4.69, 9.17) is 18.4 Å². The second-order valence-corrected chi connectivity index (χ2v) is 10.2. The van der Waals surface area contributed by atoms with E-state index in [-0.39, 0.29) is 8.96 Å². The van der Waals surface area contributed by atoms with Crippen LogP contribution < -0.4 is 13.6 Å². The number of hydrogen-bond donors (Lipinski definition) is 0. The Kier molecular flexibility index (Phi) is 9.87. The second kappa shape index (κ2) is 12.8. The summed E-state index contributed by atoms with van der Waals surface area (Å²) in [6, 6.07) is 23.6. The van der Waals surface area contributed by atoms with Gasteiger partial charge in [-0.1, -0.05) is 57.7 Å². The van der Waals surface area contributed by atoms with Gasteiger partial charge >= 0.3 is 8.45 Å². The lowest BCUT2D eigenvalue weighted by Gasteiger charge is -2.24. The summed E-state index contributed by atoms with van der Waals surface area (Å²) in [5, 5.41) is 0. The van der Waals surface area contributed by atoms with Crippen molar-refractivity contribution >= 4 is 26.0 Å². The van der Waals surface area contributed by atoms with E-state index in [0.29, 0.717) is 21.0 Å². The van der Waals surface area contributed by atoms with E-state index < -0.39 is 8.45 Å². The summed E-state index contributed by atoms with van der Waals surface area (Å²) in [5.41, 5.74) is 3.51. The maximum absolute atomic E-state index is 6.19. The Labute approximate surface area is 194 Å². The number of rotatable bonds is 11. The Morgan fingerprint density at radius 2 is 1.28 bits per heavy atom. The summed E-state index contributed by atoms with van der Waals surface area (Å²) in [4.78, 5) is 5.83. The van der Waals surface area contributed by atoms with Crippen molar-refractivity contribution in [3.05, 3.63) is 89.5 Å². The van der Waals surface area contributed by atoms with Crippen molar-refractivity contribution < 1.29 is 18.4 Å². The van der Waals surface area contributed by atoms with E-state index in [1.165, 1.54) is 11.1 Å². The molecule has 0 saturated heterocycles. The summed E-state index contributed by atoms with van der Waals surface area (Å²) >= 11 is 0. The van der Waals surface area contributed by atoms with Gasteiger partial charge in [0.05, 0.1) is 6.61 Å². The number of benzene rings is 3. The van der Waals surface area contributed by atoms with Crippen molar-refractivity contribution in [3.63, 3.8) is 0 Å². The predicted molar refractivity (Wildman–Crippen MR) is 133 cm³/mol. The van der Waals surface area contributed by atoms with Crippen LogP contribution in [0.1, 0.15) is 23.6 Å². The molecule has 0 fully saturated rings. The standard InChI is InChI=1S/C23H27N2O4P3/c1-5-26-25(31-28-22-14-8-19(3)9-15-22)32(29-23-16-10-20(4)11-17-23)24-30-27-21-12-6-18(2)7-13-21/h6-17,31H,5H2,1-4H3. The van der Waals surface area contributed by atoms with Gasteiger partial charge in [-0.2, -0.15) is 0 Å². The minimum atomic E-state index is -1.53. The van der Waals surface area contributed by atoms with Crippen LogP contribution in [0.25, 0.3) is 0 Å². The summed E-state index contributed by atoms with van der Waals surface area (Å²) in [6.45, 7) is 8.50. The minimum absolute atomic E-state index is 0.129. The summed E-state index contributed by atoms with van der Waals surface area (Å²) < 4.78 is 24.2. The highest BCUT2D eigenvalue weighted by atomic mass is 31.2. The molecular formula is C23H27N2O4P3. The highest BCUT2D eigenvalue weighted by Gasteiger charge is 2.24. The first-order valence-corrected chi connectivity index (χ1v) is 12.9. The fourth-order valence-corrected chi connectivity index (χ4v) is 5.44. The lowest BCUT2D eigenvalue weighted by molar-refractivity contribution is -0.00833. The first-order chi connectivity index (χ1) is 15.5. The molecule has 0 radical (unpaired) electrons. The molecule has 3 aromatic carbocycles. The van der Waals surface area contributed by atoms with Crippen LogP contribution in [0.2, 0.25) is 0 Å². The molecule has 9 heteroatoms. The highest BCUT2D eigenvalue weighted by molar-refractivity contribution is 7.60. The van der Waals surface area contributed by atoms with Crippen molar-refractivity contribution in [3.8, 4) is 17.2 Å². The summed E-state index contributed by atoms with van der Waals surface area (Å²) in [6.07, 6.45) is 0. The molecule has 0 aromatic heterocycles. The Bertz CT molecular complexity index is 984. The lowest BCUT2D eigenvalue weighted by Crippen LogP contribution is -2.12. The van der Waals surface area contributed by atoms with Crippen LogP contribution in [0.15, 0.2) is 77.3 Å². The topological polar surface area (TPSA) is 52.5 Å². The zero-order chi connectivity index (χ0) is 22.8. The Balaban J connectivity index is 1.74. The molecule has 32 heavy (non-hydrogen) atoms. The molecule has 0 bridgehead atoms. The van der Waals surface area contributed by atoms with Gasteiger partial charge in [0.25, 0.3) is 8.60 Å². The van der Waals surface area contributed by atoms with Crippen LogP contribution in [0, 0.1) is 20.8 Å². The average Bonchev–Trinajstić information content (AvgIpc) is 2.80. The molecule has 0 saturated carbocycles. The van der Waals surface area contributed by atoms with Crippen LogP contribution in [0.5, 0.6) is 17.2 Å². The minimum Gasteiger partial charge on any atom is -0.458 e. The lowest BCUT2D eigenvalue weighted by atomic mass is 10.2. The predicted octanol–water partition coefficient (Wildman–Crippen LogP) is 8.18. The van der Waals surface area contributed by atoms with Crippen molar-refractivity contribution in [2.24, 2.45) is 4.52 Å². The molecule has 2 atom stereocenters. The largest absolute Gasteiger partial charge is 0.458 e. The van der Waals surface area contributed by atoms with E-state index in [1.807, 2.05) is 100 Å². The maximum atomic E-state index is 6.19. The molecule has 0 aliphatic rings. The molecule has 2 unspecified atom stereocenters. The van der Waals surface area contributed by atoms with Crippen LogP contribution in [-0.2, 0) is 4.84 Å². The monoisotopic (exact) mass is 488 g/mol. The van der Waals surface area contributed by atoms with Gasteiger partial charge in [-0.25, -0.2) is 0 Å². The quantitative estimate of drug-likeness (QED) is 0.201. The van der Waals surface area contributed by atoms with Gasteiger partial charge in [0.15, 0.2) is 8.96 Å². The smallest absolute Gasteiger partial charge is 0.337 e. The van der Waals surface area contributed by atoms with Gasteiger partial charge in [-0.05, 0) is 64.1 Å². The van der Waals surface area contributed by atoms with E-state index in [0.717, 1.165) is 17.1 Å². The third kappa shape index (κ3) is 8.13. The van der Waals surface area contributed by atoms with Gasteiger partial charge in [-0.15, -0.1) is 4.52 Å².